The molecule has 0 radical (unpaired) electrons. The van der Waals surface area contributed by atoms with E-state index in [9.17, 15) is 0 Å². The molecule has 1 aliphatic heterocycles. The highest BCUT2D eigenvalue weighted by Crippen LogP contribution is 2.25. The summed E-state index contributed by atoms with van der Waals surface area (Å²) in [6.45, 7) is 2.97. The number of hydrogen-bond acceptors (Lipinski definition) is 5. The fraction of sp³-hybridized carbons (Fsp3) is 0.714. The first-order valence-corrected chi connectivity index (χ1v) is 7.38. The minimum absolute atomic E-state index is 0.295. The molecular formula is C14H23N5. The molecule has 2 heterocycles. The molecule has 3 rings (SSSR count). The lowest BCUT2D eigenvalue weighted by molar-refractivity contribution is 0.578. The Labute approximate surface area is 114 Å². The van der Waals surface area contributed by atoms with Gasteiger partial charge in [-0.2, -0.15) is 5.10 Å². The van der Waals surface area contributed by atoms with E-state index in [1.54, 1.807) is 0 Å². The minimum Gasteiger partial charge on any atom is -0.369 e. The van der Waals surface area contributed by atoms with Crippen LogP contribution < -0.4 is 16.0 Å². The van der Waals surface area contributed by atoms with Crippen LogP contribution in [0, 0.1) is 5.92 Å². The zero-order valence-electron chi connectivity index (χ0n) is 11.4. The van der Waals surface area contributed by atoms with Crippen LogP contribution in [0.1, 0.15) is 32.1 Å². The van der Waals surface area contributed by atoms with Crippen molar-refractivity contribution in [3.8, 4) is 0 Å². The third kappa shape index (κ3) is 3.15. The van der Waals surface area contributed by atoms with Crippen molar-refractivity contribution in [2.45, 2.75) is 38.1 Å². The van der Waals surface area contributed by atoms with Crippen LogP contribution in [-0.2, 0) is 0 Å². The standard InChI is InChI=1S/C14H23N5/c15-12-5-6-19(10-12)13-7-14(18-17-9-13)16-8-11-3-1-2-4-11/h7,9,11-12H,1-6,8,10,15H2,(H,16,18)/t12-/m1/s1. The molecule has 2 fully saturated rings. The quantitative estimate of drug-likeness (QED) is 0.862. The van der Waals surface area contributed by atoms with Gasteiger partial charge < -0.3 is 16.0 Å². The summed E-state index contributed by atoms with van der Waals surface area (Å²) in [6, 6.07) is 2.39. The molecule has 1 aromatic heterocycles. The van der Waals surface area contributed by atoms with Gasteiger partial charge in [0.15, 0.2) is 5.82 Å². The Hall–Kier alpha value is -1.36. The van der Waals surface area contributed by atoms with Gasteiger partial charge in [0.05, 0.1) is 11.9 Å². The number of rotatable bonds is 4. The predicted molar refractivity (Wildman–Crippen MR) is 77.3 cm³/mol. The molecule has 0 spiro atoms. The van der Waals surface area contributed by atoms with Gasteiger partial charge in [-0.15, -0.1) is 5.10 Å². The van der Waals surface area contributed by atoms with Crippen LogP contribution in [0.5, 0.6) is 0 Å². The van der Waals surface area contributed by atoms with Gasteiger partial charge >= 0.3 is 0 Å². The van der Waals surface area contributed by atoms with Gasteiger partial charge in [-0.25, -0.2) is 0 Å². The maximum Gasteiger partial charge on any atom is 0.150 e. The van der Waals surface area contributed by atoms with Gasteiger partial charge in [-0.05, 0) is 25.2 Å². The highest BCUT2D eigenvalue weighted by molar-refractivity contribution is 5.52. The van der Waals surface area contributed by atoms with Crippen molar-refractivity contribution in [1.29, 1.82) is 0 Å². The van der Waals surface area contributed by atoms with Crippen molar-refractivity contribution in [2.24, 2.45) is 11.7 Å². The third-order valence-electron chi connectivity index (χ3n) is 4.28. The van der Waals surface area contributed by atoms with E-state index >= 15 is 0 Å². The van der Waals surface area contributed by atoms with Crippen LogP contribution in [-0.4, -0.2) is 35.9 Å². The molecule has 5 heteroatoms. The van der Waals surface area contributed by atoms with Crippen LogP contribution in [0.4, 0.5) is 11.5 Å². The third-order valence-corrected chi connectivity index (χ3v) is 4.28. The maximum absolute atomic E-state index is 5.95. The van der Waals surface area contributed by atoms with E-state index in [4.69, 9.17) is 5.73 Å². The van der Waals surface area contributed by atoms with E-state index in [0.717, 1.165) is 43.5 Å². The van der Waals surface area contributed by atoms with Gasteiger partial charge in [0.1, 0.15) is 0 Å². The molecule has 104 valence electrons. The van der Waals surface area contributed by atoms with Crippen LogP contribution >= 0.6 is 0 Å². The van der Waals surface area contributed by atoms with E-state index < -0.39 is 0 Å². The van der Waals surface area contributed by atoms with Crippen molar-refractivity contribution in [3.05, 3.63) is 12.3 Å². The monoisotopic (exact) mass is 261 g/mol. The molecule has 2 aliphatic rings. The number of aromatic nitrogens is 2. The summed E-state index contributed by atoms with van der Waals surface area (Å²) in [5.41, 5.74) is 7.08. The SMILES string of the molecule is N[C@@H]1CCN(c2cnnc(NCC3CCCC3)c2)C1. The van der Waals surface area contributed by atoms with Gasteiger partial charge in [0.2, 0.25) is 0 Å². The molecule has 1 aromatic rings. The van der Waals surface area contributed by atoms with Crippen LogP contribution in [0.2, 0.25) is 0 Å². The van der Waals surface area contributed by atoms with Crippen molar-refractivity contribution in [1.82, 2.24) is 10.2 Å². The Balaban J connectivity index is 1.59. The number of nitrogens with one attached hydrogen (secondary N) is 1. The molecule has 1 atom stereocenters. The predicted octanol–water partition coefficient (Wildman–Crippen LogP) is 1.62. The maximum atomic E-state index is 5.95. The zero-order valence-corrected chi connectivity index (χ0v) is 11.4. The van der Waals surface area contributed by atoms with Gasteiger partial charge in [-0.1, -0.05) is 12.8 Å². The average Bonchev–Trinajstić information content (AvgIpc) is 3.08. The van der Waals surface area contributed by atoms with Crippen LogP contribution in [0.3, 0.4) is 0 Å². The normalized spacial score (nSPS) is 24.1. The van der Waals surface area contributed by atoms with Crippen molar-refractivity contribution in [2.75, 3.05) is 29.9 Å². The van der Waals surface area contributed by atoms with Gasteiger partial charge in [0, 0.05) is 31.7 Å². The van der Waals surface area contributed by atoms with Gasteiger partial charge in [-0.3, -0.25) is 0 Å². The Morgan fingerprint density at radius 1 is 1.32 bits per heavy atom. The first-order valence-electron chi connectivity index (χ1n) is 7.38. The lowest BCUT2D eigenvalue weighted by Crippen LogP contribution is -2.26. The molecule has 0 bridgehead atoms. The number of anilines is 2. The minimum atomic E-state index is 0.295. The molecule has 1 saturated carbocycles. The Morgan fingerprint density at radius 2 is 2.16 bits per heavy atom. The molecule has 19 heavy (non-hydrogen) atoms. The van der Waals surface area contributed by atoms with Crippen molar-refractivity contribution < 1.29 is 0 Å². The highest BCUT2D eigenvalue weighted by Gasteiger charge is 2.20. The largest absolute Gasteiger partial charge is 0.369 e. The van der Waals surface area contributed by atoms with E-state index in [1.165, 1.54) is 25.7 Å². The molecule has 0 unspecified atom stereocenters. The summed E-state index contributed by atoms with van der Waals surface area (Å²) in [7, 11) is 0. The smallest absolute Gasteiger partial charge is 0.150 e. The van der Waals surface area contributed by atoms with E-state index in [2.05, 4.69) is 26.5 Å². The molecule has 1 saturated heterocycles. The first kappa shape index (κ1) is 12.7. The summed E-state index contributed by atoms with van der Waals surface area (Å²) in [5.74, 6) is 1.70. The average molecular weight is 261 g/mol. The second-order valence-electron chi connectivity index (χ2n) is 5.83. The first-order chi connectivity index (χ1) is 9.31. The second-order valence-corrected chi connectivity index (χ2v) is 5.83. The Bertz CT molecular complexity index is 416. The van der Waals surface area contributed by atoms with E-state index in [-0.39, 0.29) is 0 Å². The summed E-state index contributed by atoms with van der Waals surface area (Å²) < 4.78 is 0. The summed E-state index contributed by atoms with van der Waals surface area (Å²) in [4.78, 5) is 2.29. The van der Waals surface area contributed by atoms with Gasteiger partial charge in [0.25, 0.3) is 0 Å². The molecule has 5 nitrogen and oxygen atoms in total. The molecule has 1 aliphatic carbocycles. The number of nitrogens with zero attached hydrogens (tertiary/aromatic N) is 3. The van der Waals surface area contributed by atoms with Crippen molar-refractivity contribution >= 4 is 11.5 Å². The topological polar surface area (TPSA) is 67.1 Å². The second kappa shape index (κ2) is 5.74. The van der Waals surface area contributed by atoms with Crippen molar-refractivity contribution in [3.63, 3.8) is 0 Å². The fourth-order valence-electron chi connectivity index (χ4n) is 3.10. The molecular weight excluding hydrogens is 238 g/mol. The summed E-state index contributed by atoms with van der Waals surface area (Å²) in [6.07, 6.45) is 8.35. The highest BCUT2D eigenvalue weighted by atomic mass is 15.2. The molecule has 0 amide bonds. The Morgan fingerprint density at radius 3 is 2.89 bits per heavy atom. The van der Waals surface area contributed by atoms with E-state index in [1.807, 2.05) is 6.20 Å². The van der Waals surface area contributed by atoms with Crippen LogP contribution in [0.15, 0.2) is 12.3 Å². The lowest BCUT2D eigenvalue weighted by atomic mass is 10.1. The van der Waals surface area contributed by atoms with Crippen LogP contribution in [0.25, 0.3) is 0 Å². The fourth-order valence-corrected chi connectivity index (χ4v) is 3.10. The molecule has 0 aromatic carbocycles. The molecule has 3 N–H and O–H groups in total. The lowest BCUT2D eigenvalue weighted by Gasteiger charge is -2.18. The van der Waals surface area contributed by atoms with E-state index in [0.29, 0.717) is 6.04 Å². The summed E-state index contributed by atoms with van der Waals surface area (Å²) >= 11 is 0. The number of nitrogens with two attached hydrogens (primary N) is 1. The number of hydrogen-bond donors (Lipinski definition) is 2. The summed E-state index contributed by atoms with van der Waals surface area (Å²) in [5, 5.41) is 11.7. The zero-order chi connectivity index (χ0) is 13.1. The Kier molecular flexibility index (Phi) is 3.82.